The van der Waals surface area contributed by atoms with Gasteiger partial charge in [-0.15, -0.1) is 0 Å². The molecule has 19 heavy (non-hydrogen) atoms. The highest BCUT2D eigenvalue weighted by atomic mass is 16.5. The van der Waals surface area contributed by atoms with Gasteiger partial charge in [-0.25, -0.2) is 0 Å². The summed E-state index contributed by atoms with van der Waals surface area (Å²) < 4.78 is 16.3. The fraction of sp³-hybridized carbons (Fsp3) is 0.429. The Morgan fingerprint density at radius 3 is 2.42 bits per heavy atom. The fourth-order valence-electron chi connectivity index (χ4n) is 2.19. The fourth-order valence-corrected chi connectivity index (χ4v) is 2.19. The zero-order valence-electron chi connectivity index (χ0n) is 11.4. The van der Waals surface area contributed by atoms with Crippen LogP contribution in [-0.4, -0.2) is 40.5 Å². The molecule has 1 aromatic carbocycles. The van der Waals surface area contributed by atoms with E-state index in [4.69, 9.17) is 19.9 Å². The van der Waals surface area contributed by atoms with Crippen molar-refractivity contribution in [1.29, 1.82) is 0 Å². The van der Waals surface area contributed by atoms with Crippen LogP contribution in [0.1, 0.15) is 5.56 Å². The number of hydrogen-bond donors (Lipinski definition) is 1. The van der Waals surface area contributed by atoms with Gasteiger partial charge in [0, 0.05) is 24.7 Å². The summed E-state index contributed by atoms with van der Waals surface area (Å²) in [5.41, 5.74) is 7.38. The van der Waals surface area contributed by atoms with E-state index in [2.05, 4.69) is 4.90 Å². The molecule has 0 amide bonds. The third-order valence-corrected chi connectivity index (χ3v) is 3.16. The number of nitrogens with two attached hydrogens (primary N) is 1. The molecule has 0 aromatic heterocycles. The quantitative estimate of drug-likeness (QED) is 0.892. The van der Waals surface area contributed by atoms with Gasteiger partial charge in [0.1, 0.15) is 11.5 Å². The van der Waals surface area contributed by atoms with Crippen molar-refractivity contribution in [1.82, 2.24) is 0 Å². The lowest BCUT2D eigenvalue weighted by atomic mass is 10.1. The van der Waals surface area contributed by atoms with Crippen molar-refractivity contribution < 1.29 is 14.2 Å². The van der Waals surface area contributed by atoms with Crippen molar-refractivity contribution in [2.75, 3.05) is 45.4 Å². The second-order valence-corrected chi connectivity index (χ2v) is 4.22. The summed E-state index contributed by atoms with van der Waals surface area (Å²) in [6.45, 7) is 3.17. The summed E-state index contributed by atoms with van der Waals surface area (Å²) in [6.07, 6.45) is 3.29. The standard InChI is InChI=1S/C14H20N2O3/c1-17-13-10-12(16-5-7-19-8-6-16)14(18-2)9-11(13)3-4-15/h3-4,9-10H,5-8,15H2,1-2H3/b4-3+. The number of methoxy groups -OCH3 is 2. The number of anilines is 1. The van der Waals surface area contributed by atoms with E-state index in [0.717, 1.165) is 49.1 Å². The first-order valence-electron chi connectivity index (χ1n) is 6.27. The Bertz CT molecular complexity index is 454. The molecule has 0 radical (unpaired) electrons. The highest BCUT2D eigenvalue weighted by Gasteiger charge is 2.18. The maximum atomic E-state index is 5.47. The molecule has 0 atom stereocenters. The van der Waals surface area contributed by atoms with Crippen LogP contribution in [0.25, 0.3) is 6.08 Å². The van der Waals surface area contributed by atoms with E-state index in [9.17, 15) is 0 Å². The second-order valence-electron chi connectivity index (χ2n) is 4.22. The van der Waals surface area contributed by atoms with E-state index in [1.807, 2.05) is 12.1 Å². The summed E-state index contributed by atoms with van der Waals surface area (Å²) in [4.78, 5) is 2.24. The Balaban J connectivity index is 2.41. The first-order valence-corrected chi connectivity index (χ1v) is 6.27. The minimum Gasteiger partial charge on any atom is -0.496 e. The predicted octanol–water partition coefficient (Wildman–Crippen LogP) is 1.47. The van der Waals surface area contributed by atoms with Gasteiger partial charge in [-0.3, -0.25) is 0 Å². The Labute approximate surface area is 113 Å². The molecule has 2 N–H and O–H groups in total. The van der Waals surface area contributed by atoms with Gasteiger partial charge in [-0.2, -0.15) is 0 Å². The summed E-state index contributed by atoms with van der Waals surface area (Å²) in [5.74, 6) is 1.60. The first kappa shape index (κ1) is 13.5. The van der Waals surface area contributed by atoms with Gasteiger partial charge in [-0.1, -0.05) is 0 Å². The summed E-state index contributed by atoms with van der Waals surface area (Å²) >= 11 is 0. The maximum absolute atomic E-state index is 5.47. The second kappa shape index (κ2) is 6.33. The molecule has 1 aromatic rings. The third-order valence-electron chi connectivity index (χ3n) is 3.16. The molecule has 104 valence electrons. The smallest absolute Gasteiger partial charge is 0.143 e. The molecule has 5 heteroatoms. The number of morpholine rings is 1. The predicted molar refractivity (Wildman–Crippen MR) is 75.8 cm³/mol. The van der Waals surface area contributed by atoms with Crippen LogP contribution in [0.15, 0.2) is 18.3 Å². The number of rotatable bonds is 4. The SMILES string of the molecule is COc1cc(N2CCOCC2)c(OC)cc1/C=C/N. The Morgan fingerprint density at radius 2 is 1.84 bits per heavy atom. The van der Waals surface area contributed by atoms with Gasteiger partial charge < -0.3 is 24.8 Å². The van der Waals surface area contributed by atoms with E-state index >= 15 is 0 Å². The molecule has 1 fully saturated rings. The minimum absolute atomic E-state index is 0.732. The van der Waals surface area contributed by atoms with Gasteiger partial charge in [0.05, 0.1) is 33.1 Å². The lowest BCUT2D eigenvalue weighted by molar-refractivity contribution is 0.122. The molecule has 1 aliphatic heterocycles. The van der Waals surface area contributed by atoms with Gasteiger partial charge in [0.25, 0.3) is 0 Å². The Hall–Kier alpha value is -1.88. The van der Waals surface area contributed by atoms with Crippen molar-refractivity contribution in [3.8, 4) is 11.5 Å². The topological polar surface area (TPSA) is 57.0 Å². The van der Waals surface area contributed by atoms with Gasteiger partial charge in [0.15, 0.2) is 0 Å². The van der Waals surface area contributed by atoms with Crippen LogP contribution >= 0.6 is 0 Å². The van der Waals surface area contributed by atoms with Crippen LogP contribution in [0.5, 0.6) is 11.5 Å². The summed E-state index contributed by atoms with van der Waals surface area (Å²) in [6, 6.07) is 3.92. The van der Waals surface area contributed by atoms with Gasteiger partial charge in [-0.05, 0) is 18.3 Å². The highest BCUT2D eigenvalue weighted by Crippen LogP contribution is 2.36. The minimum atomic E-state index is 0.732. The van der Waals surface area contributed by atoms with Gasteiger partial charge >= 0.3 is 0 Å². The summed E-state index contributed by atoms with van der Waals surface area (Å²) in [7, 11) is 3.32. The molecule has 1 saturated heterocycles. The molecular formula is C14H20N2O3. The van der Waals surface area contributed by atoms with Crippen LogP contribution in [-0.2, 0) is 4.74 Å². The molecule has 1 heterocycles. The average Bonchev–Trinajstić information content (AvgIpc) is 2.48. The monoisotopic (exact) mass is 264 g/mol. The van der Waals surface area contributed by atoms with Crippen LogP contribution in [0, 0.1) is 0 Å². The number of ether oxygens (including phenoxy) is 3. The molecule has 0 aliphatic carbocycles. The molecule has 1 aliphatic rings. The normalized spacial score (nSPS) is 15.8. The van der Waals surface area contributed by atoms with Crippen molar-refractivity contribution in [3.63, 3.8) is 0 Å². The molecule has 0 bridgehead atoms. The summed E-state index contributed by atoms with van der Waals surface area (Å²) in [5, 5.41) is 0. The Morgan fingerprint density at radius 1 is 1.16 bits per heavy atom. The lowest BCUT2D eigenvalue weighted by Crippen LogP contribution is -2.36. The average molecular weight is 264 g/mol. The van der Waals surface area contributed by atoms with Crippen LogP contribution in [0.3, 0.4) is 0 Å². The maximum Gasteiger partial charge on any atom is 0.143 e. The molecular weight excluding hydrogens is 244 g/mol. The van der Waals surface area contributed by atoms with Crippen LogP contribution in [0.4, 0.5) is 5.69 Å². The van der Waals surface area contributed by atoms with Crippen molar-refractivity contribution in [2.45, 2.75) is 0 Å². The molecule has 0 saturated carbocycles. The van der Waals surface area contributed by atoms with Gasteiger partial charge in [0.2, 0.25) is 0 Å². The van der Waals surface area contributed by atoms with E-state index in [0.29, 0.717) is 0 Å². The largest absolute Gasteiger partial charge is 0.496 e. The molecule has 2 rings (SSSR count). The lowest BCUT2D eigenvalue weighted by Gasteiger charge is -2.30. The number of hydrogen-bond acceptors (Lipinski definition) is 5. The highest BCUT2D eigenvalue weighted by molar-refractivity contribution is 5.70. The van der Waals surface area contributed by atoms with Crippen molar-refractivity contribution >= 4 is 11.8 Å². The number of benzene rings is 1. The van der Waals surface area contributed by atoms with Crippen LogP contribution in [0.2, 0.25) is 0 Å². The van der Waals surface area contributed by atoms with E-state index in [-0.39, 0.29) is 0 Å². The van der Waals surface area contributed by atoms with E-state index in [1.54, 1.807) is 20.3 Å². The Kier molecular flexibility index (Phi) is 4.52. The molecule has 5 nitrogen and oxygen atoms in total. The zero-order valence-corrected chi connectivity index (χ0v) is 11.4. The van der Waals surface area contributed by atoms with Crippen molar-refractivity contribution in [2.24, 2.45) is 5.73 Å². The molecule has 0 spiro atoms. The van der Waals surface area contributed by atoms with Crippen molar-refractivity contribution in [3.05, 3.63) is 23.9 Å². The molecule has 0 unspecified atom stereocenters. The van der Waals surface area contributed by atoms with Crippen LogP contribution < -0.4 is 20.1 Å². The third kappa shape index (κ3) is 2.93. The first-order chi connectivity index (χ1) is 9.30. The van der Waals surface area contributed by atoms with E-state index in [1.165, 1.54) is 6.20 Å². The number of nitrogens with zero attached hydrogens (tertiary/aromatic N) is 1. The van der Waals surface area contributed by atoms with E-state index < -0.39 is 0 Å². The zero-order chi connectivity index (χ0) is 13.7.